The lowest BCUT2D eigenvalue weighted by Gasteiger charge is -2.35. The molecule has 3 rings (SSSR count). The van der Waals surface area contributed by atoms with Crippen LogP contribution in [-0.2, 0) is 11.2 Å². The van der Waals surface area contributed by atoms with Gasteiger partial charge in [0.15, 0.2) is 0 Å². The fraction of sp³-hybridized carbons (Fsp3) is 0.533. The van der Waals surface area contributed by atoms with E-state index < -0.39 is 5.97 Å². The van der Waals surface area contributed by atoms with E-state index in [4.69, 9.17) is 9.84 Å². The Morgan fingerprint density at radius 2 is 2.26 bits per heavy atom. The van der Waals surface area contributed by atoms with Gasteiger partial charge in [0.2, 0.25) is 0 Å². The van der Waals surface area contributed by atoms with Crippen LogP contribution >= 0.6 is 0 Å². The quantitative estimate of drug-likeness (QED) is 0.903. The molecule has 1 aliphatic carbocycles. The number of benzene rings is 1. The fourth-order valence-electron chi connectivity index (χ4n) is 3.29. The van der Waals surface area contributed by atoms with E-state index in [0.717, 1.165) is 25.1 Å². The van der Waals surface area contributed by atoms with E-state index >= 15 is 0 Å². The number of rotatable bonds is 3. The molecule has 1 fully saturated rings. The lowest BCUT2D eigenvalue weighted by molar-refractivity contribution is -0.139. The van der Waals surface area contributed by atoms with Gasteiger partial charge >= 0.3 is 5.97 Å². The molecule has 1 N–H and O–H groups in total. The van der Waals surface area contributed by atoms with Crippen LogP contribution in [0.2, 0.25) is 0 Å². The van der Waals surface area contributed by atoms with E-state index in [1.165, 1.54) is 11.1 Å². The molecule has 4 heteroatoms. The molecule has 1 aromatic carbocycles. The zero-order chi connectivity index (χ0) is 13.6. The molecule has 0 saturated heterocycles. The van der Waals surface area contributed by atoms with Crippen molar-refractivity contribution in [2.75, 3.05) is 20.7 Å². The average molecular weight is 261 g/mol. The largest absolute Gasteiger partial charge is 0.497 e. The Balaban J connectivity index is 1.92. The average Bonchev–Trinajstić information content (AvgIpc) is 3.18. The van der Waals surface area contributed by atoms with Gasteiger partial charge in [0.1, 0.15) is 5.75 Å². The summed E-state index contributed by atoms with van der Waals surface area (Å²) in [6, 6.07) is 6.42. The van der Waals surface area contributed by atoms with Crippen molar-refractivity contribution in [2.24, 2.45) is 11.8 Å². The van der Waals surface area contributed by atoms with Crippen molar-refractivity contribution >= 4 is 5.97 Å². The van der Waals surface area contributed by atoms with Gasteiger partial charge in [-0.25, -0.2) is 0 Å². The lowest BCUT2D eigenvalue weighted by atomic mass is 9.89. The van der Waals surface area contributed by atoms with Crippen LogP contribution in [0.5, 0.6) is 5.75 Å². The van der Waals surface area contributed by atoms with Crippen molar-refractivity contribution in [1.82, 2.24) is 4.90 Å². The predicted molar refractivity (Wildman–Crippen MR) is 71.3 cm³/mol. The minimum absolute atomic E-state index is 0.166. The van der Waals surface area contributed by atoms with Gasteiger partial charge in [-0.15, -0.1) is 0 Å². The van der Waals surface area contributed by atoms with Crippen LogP contribution in [0.4, 0.5) is 0 Å². The molecule has 102 valence electrons. The second kappa shape index (κ2) is 4.53. The third-order valence-corrected chi connectivity index (χ3v) is 4.44. The monoisotopic (exact) mass is 261 g/mol. The summed E-state index contributed by atoms with van der Waals surface area (Å²) in [7, 11) is 3.77. The van der Waals surface area contributed by atoms with Crippen LogP contribution in [0.15, 0.2) is 18.2 Å². The summed E-state index contributed by atoms with van der Waals surface area (Å²) >= 11 is 0. The van der Waals surface area contributed by atoms with Crippen LogP contribution in [0, 0.1) is 11.8 Å². The van der Waals surface area contributed by atoms with E-state index in [-0.39, 0.29) is 17.9 Å². The number of carboxylic acids is 1. The highest BCUT2D eigenvalue weighted by Gasteiger charge is 2.50. The summed E-state index contributed by atoms with van der Waals surface area (Å²) in [5, 5.41) is 9.13. The molecule has 0 bridgehead atoms. The molecule has 0 aromatic heterocycles. The molecule has 1 aliphatic heterocycles. The molecule has 0 amide bonds. The van der Waals surface area contributed by atoms with Gasteiger partial charge in [-0.1, -0.05) is 6.07 Å². The van der Waals surface area contributed by atoms with Crippen LogP contribution in [0.1, 0.15) is 23.6 Å². The molecule has 0 spiro atoms. The van der Waals surface area contributed by atoms with Gasteiger partial charge in [-0.3, -0.25) is 9.69 Å². The highest BCUT2D eigenvalue weighted by atomic mass is 16.5. The van der Waals surface area contributed by atoms with Crippen molar-refractivity contribution in [3.8, 4) is 5.75 Å². The molecule has 3 unspecified atom stereocenters. The van der Waals surface area contributed by atoms with Crippen LogP contribution < -0.4 is 4.74 Å². The summed E-state index contributed by atoms with van der Waals surface area (Å²) in [4.78, 5) is 13.4. The molecular formula is C15H19NO3. The minimum atomic E-state index is -0.654. The smallest absolute Gasteiger partial charge is 0.306 e. The van der Waals surface area contributed by atoms with E-state index in [2.05, 4.69) is 24.1 Å². The predicted octanol–water partition coefficient (Wildman–Crippen LogP) is 1.94. The van der Waals surface area contributed by atoms with Crippen molar-refractivity contribution in [3.05, 3.63) is 29.3 Å². The van der Waals surface area contributed by atoms with Crippen LogP contribution in [-0.4, -0.2) is 36.7 Å². The first-order valence-corrected chi connectivity index (χ1v) is 6.71. The molecule has 2 aliphatic rings. The normalized spacial score (nSPS) is 29.7. The van der Waals surface area contributed by atoms with E-state index in [9.17, 15) is 4.79 Å². The van der Waals surface area contributed by atoms with Crippen LogP contribution in [0.3, 0.4) is 0 Å². The molecular weight excluding hydrogens is 242 g/mol. The number of aliphatic carboxylic acids is 1. The third kappa shape index (κ3) is 2.10. The number of methoxy groups -OCH3 is 1. The Morgan fingerprint density at radius 3 is 2.89 bits per heavy atom. The number of ether oxygens (including phenoxy) is 1. The number of carboxylic acid groups (broad SMARTS) is 1. The van der Waals surface area contributed by atoms with Gasteiger partial charge in [-0.05, 0) is 49.1 Å². The third-order valence-electron chi connectivity index (χ3n) is 4.44. The van der Waals surface area contributed by atoms with Crippen molar-refractivity contribution in [2.45, 2.75) is 18.9 Å². The Hall–Kier alpha value is -1.55. The number of nitrogens with zero attached hydrogens (tertiary/aromatic N) is 1. The highest BCUT2D eigenvalue weighted by molar-refractivity contribution is 5.73. The Labute approximate surface area is 113 Å². The first kappa shape index (κ1) is 12.5. The molecule has 1 aromatic rings. The maximum absolute atomic E-state index is 11.1. The maximum atomic E-state index is 11.1. The zero-order valence-electron chi connectivity index (χ0n) is 11.3. The first-order valence-electron chi connectivity index (χ1n) is 6.71. The van der Waals surface area contributed by atoms with Crippen LogP contribution in [0.25, 0.3) is 0 Å². The van der Waals surface area contributed by atoms with E-state index in [0.29, 0.717) is 0 Å². The maximum Gasteiger partial charge on any atom is 0.306 e. The zero-order valence-corrected chi connectivity index (χ0v) is 11.3. The van der Waals surface area contributed by atoms with Gasteiger partial charge in [0, 0.05) is 12.6 Å². The van der Waals surface area contributed by atoms with Gasteiger partial charge in [-0.2, -0.15) is 0 Å². The van der Waals surface area contributed by atoms with Crippen molar-refractivity contribution in [3.63, 3.8) is 0 Å². The Kier molecular flexibility index (Phi) is 2.97. The summed E-state index contributed by atoms with van der Waals surface area (Å²) < 4.78 is 5.27. The van der Waals surface area contributed by atoms with E-state index in [1.807, 2.05) is 6.07 Å². The summed E-state index contributed by atoms with van der Waals surface area (Å²) in [6.45, 7) is 0.980. The minimum Gasteiger partial charge on any atom is -0.497 e. The molecule has 1 saturated carbocycles. The van der Waals surface area contributed by atoms with E-state index in [1.54, 1.807) is 7.11 Å². The standard InChI is InChI=1S/C15H19NO3/c1-16-6-5-9-7-10(19-2)3-4-11(9)14(16)12-8-13(12)15(17)18/h3-4,7,12-14H,5-6,8H2,1-2H3,(H,17,18). The van der Waals surface area contributed by atoms with Crippen molar-refractivity contribution < 1.29 is 14.6 Å². The van der Waals surface area contributed by atoms with Gasteiger partial charge in [0.05, 0.1) is 13.0 Å². The Morgan fingerprint density at radius 1 is 1.47 bits per heavy atom. The summed E-state index contributed by atoms with van der Waals surface area (Å²) in [5.41, 5.74) is 2.58. The number of hydrogen-bond acceptors (Lipinski definition) is 3. The second-order valence-corrected chi connectivity index (χ2v) is 5.58. The summed E-state index contributed by atoms with van der Waals surface area (Å²) in [6.07, 6.45) is 1.81. The first-order chi connectivity index (χ1) is 9.11. The fourth-order valence-corrected chi connectivity index (χ4v) is 3.29. The highest BCUT2D eigenvalue weighted by Crippen LogP contribution is 2.51. The molecule has 1 heterocycles. The number of likely N-dealkylation sites (N-methyl/N-ethyl adjacent to an activating group) is 1. The number of hydrogen-bond donors (Lipinski definition) is 1. The second-order valence-electron chi connectivity index (χ2n) is 5.58. The molecule has 4 nitrogen and oxygen atoms in total. The SMILES string of the molecule is COc1ccc2c(c1)CCN(C)C2C1CC1C(=O)O. The molecule has 3 atom stereocenters. The lowest BCUT2D eigenvalue weighted by Crippen LogP contribution is -2.34. The van der Waals surface area contributed by atoms with Gasteiger partial charge in [0.25, 0.3) is 0 Å². The topological polar surface area (TPSA) is 49.8 Å². The Bertz CT molecular complexity index is 514. The number of fused-ring (bicyclic) bond motifs is 1. The summed E-state index contributed by atoms with van der Waals surface area (Å²) in [5.74, 6) is 0.321. The number of carbonyl (C=O) groups is 1. The molecule has 19 heavy (non-hydrogen) atoms. The van der Waals surface area contributed by atoms with Gasteiger partial charge < -0.3 is 9.84 Å². The van der Waals surface area contributed by atoms with Crippen molar-refractivity contribution in [1.29, 1.82) is 0 Å². The molecule has 0 radical (unpaired) electrons.